The zero-order chi connectivity index (χ0) is 11.4. The molecule has 1 unspecified atom stereocenters. The summed E-state index contributed by atoms with van der Waals surface area (Å²) in [5.74, 6) is 1.09. The van der Waals surface area contributed by atoms with Gasteiger partial charge in [0.15, 0.2) is 0 Å². The minimum Gasteiger partial charge on any atom is -0.218 e. The first-order chi connectivity index (χ1) is 7.81. The molecule has 0 fully saturated rings. The quantitative estimate of drug-likeness (QED) is 0.763. The molecule has 0 saturated carbocycles. The summed E-state index contributed by atoms with van der Waals surface area (Å²) in [5.41, 5.74) is 2.14. The number of halogens is 1. The molecule has 3 nitrogen and oxygen atoms in total. The Hall–Kier alpha value is -1.35. The van der Waals surface area contributed by atoms with Crippen molar-refractivity contribution in [2.24, 2.45) is 5.92 Å². The van der Waals surface area contributed by atoms with E-state index in [0.29, 0.717) is 11.8 Å². The monoisotopic (exact) mass is 235 g/mol. The third-order valence-corrected chi connectivity index (χ3v) is 2.97. The van der Waals surface area contributed by atoms with Crippen LogP contribution in [0.5, 0.6) is 0 Å². The molecule has 0 bridgehead atoms. The van der Waals surface area contributed by atoms with Gasteiger partial charge in [0.05, 0.1) is 17.6 Å². The molecule has 0 aliphatic carbocycles. The minimum absolute atomic E-state index is 0.433. The number of hydrogen-bond donors (Lipinski definition) is 0. The van der Waals surface area contributed by atoms with Gasteiger partial charge >= 0.3 is 0 Å². The van der Waals surface area contributed by atoms with Crippen LogP contribution in [0.3, 0.4) is 0 Å². The van der Waals surface area contributed by atoms with E-state index in [9.17, 15) is 0 Å². The van der Waals surface area contributed by atoms with E-state index in [2.05, 4.69) is 17.2 Å². The predicted molar refractivity (Wildman–Crippen MR) is 64.9 cm³/mol. The van der Waals surface area contributed by atoms with Gasteiger partial charge in [-0.15, -0.1) is 16.7 Å². The fourth-order valence-corrected chi connectivity index (χ4v) is 1.70. The zero-order valence-corrected chi connectivity index (χ0v) is 9.93. The van der Waals surface area contributed by atoms with Crippen molar-refractivity contribution in [2.45, 2.75) is 13.3 Å². The molecule has 0 saturated heterocycles. The van der Waals surface area contributed by atoms with E-state index in [4.69, 9.17) is 11.6 Å². The summed E-state index contributed by atoms with van der Waals surface area (Å²) in [7, 11) is 0. The Morgan fingerprint density at radius 2 is 2.06 bits per heavy atom. The van der Waals surface area contributed by atoms with Crippen molar-refractivity contribution in [3.05, 3.63) is 42.2 Å². The van der Waals surface area contributed by atoms with Gasteiger partial charge in [0, 0.05) is 5.88 Å². The smallest absolute Gasteiger partial charge is 0.0729 e. The number of rotatable bonds is 4. The van der Waals surface area contributed by atoms with Gasteiger partial charge in [-0.1, -0.05) is 30.3 Å². The van der Waals surface area contributed by atoms with E-state index in [1.165, 1.54) is 0 Å². The van der Waals surface area contributed by atoms with Crippen LogP contribution in [0.2, 0.25) is 0 Å². The minimum atomic E-state index is 0.433. The van der Waals surface area contributed by atoms with E-state index >= 15 is 0 Å². The Morgan fingerprint density at radius 1 is 1.31 bits per heavy atom. The Labute approximate surface area is 100 Å². The normalized spacial score (nSPS) is 12.6. The van der Waals surface area contributed by atoms with Gasteiger partial charge in [-0.25, -0.2) is 4.68 Å². The van der Waals surface area contributed by atoms with Crippen LogP contribution in [-0.4, -0.2) is 20.9 Å². The lowest BCUT2D eigenvalue weighted by Crippen LogP contribution is -2.07. The second kappa shape index (κ2) is 5.12. The summed E-state index contributed by atoms with van der Waals surface area (Å²) < 4.78 is 1.86. The van der Waals surface area contributed by atoms with Crippen molar-refractivity contribution in [2.75, 3.05) is 5.88 Å². The average molecular weight is 236 g/mol. The molecule has 0 aliphatic heterocycles. The third-order valence-electron chi connectivity index (χ3n) is 2.44. The summed E-state index contributed by atoms with van der Waals surface area (Å²) in [6, 6.07) is 10.0. The maximum absolute atomic E-state index is 5.82. The summed E-state index contributed by atoms with van der Waals surface area (Å²) in [5, 5.41) is 8.05. The average Bonchev–Trinajstić information content (AvgIpc) is 2.78. The van der Waals surface area contributed by atoms with Crippen LogP contribution in [0.1, 0.15) is 12.6 Å². The topological polar surface area (TPSA) is 30.7 Å². The van der Waals surface area contributed by atoms with Crippen LogP contribution < -0.4 is 0 Å². The molecule has 1 atom stereocenters. The van der Waals surface area contributed by atoms with Crippen molar-refractivity contribution in [3.63, 3.8) is 0 Å². The van der Waals surface area contributed by atoms with E-state index < -0.39 is 0 Å². The molecular formula is C12H14ClN3. The van der Waals surface area contributed by atoms with Gasteiger partial charge in [0.25, 0.3) is 0 Å². The van der Waals surface area contributed by atoms with Crippen molar-refractivity contribution >= 4 is 11.6 Å². The highest BCUT2D eigenvalue weighted by Crippen LogP contribution is 2.13. The molecule has 1 heterocycles. The molecule has 4 heteroatoms. The molecule has 1 aromatic heterocycles. The van der Waals surface area contributed by atoms with Gasteiger partial charge in [0.1, 0.15) is 0 Å². The molecule has 0 spiro atoms. The maximum Gasteiger partial charge on any atom is 0.0729 e. The fourth-order valence-electron chi connectivity index (χ4n) is 1.59. The van der Waals surface area contributed by atoms with Crippen LogP contribution in [-0.2, 0) is 6.42 Å². The summed E-state index contributed by atoms with van der Waals surface area (Å²) in [6.07, 6.45) is 2.70. The highest BCUT2D eigenvalue weighted by molar-refractivity contribution is 6.18. The molecule has 0 amide bonds. The molecule has 1 aromatic carbocycles. The Morgan fingerprint density at radius 3 is 2.75 bits per heavy atom. The third kappa shape index (κ3) is 2.42. The Kier molecular flexibility index (Phi) is 3.57. The van der Waals surface area contributed by atoms with Gasteiger partial charge < -0.3 is 0 Å². The number of nitrogens with zero attached hydrogens (tertiary/aromatic N) is 3. The van der Waals surface area contributed by atoms with Gasteiger partial charge in [-0.2, -0.15) is 0 Å². The molecule has 84 valence electrons. The molecule has 16 heavy (non-hydrogen) atoms. The predicted octanol–water partition coefficient (Wildman–Crippen LogP) is 2.68. The lowest BCUT2D eigenvalue weighted by Gasteiger charge is -2.09. The summed E-state index contributed by atoms with van der Waals surface area (Å²) >= 11 is 5.82. The Balaban J connectivity index is 2.26. The second-order valence-electron chi connectivity index (χ2n) is 3.94. The molecule has 0 aliphatic rings. The first-order valence-electron chi connectivity index (χ1n) is 5.32. The highest BCUT2D eigenvalue weighted by Gasteiger charge is 2.09. The lowest BCUT2D eigenvalue weighted by molar-refractivity contribution is 0.620. The van der Waals surface area contributed by atoms with Crippen molar-refractivity contribution in [1.82, 2.24) is 15.0 Å². The number of aromatic nitrogens is 3. The molecule has 2 aromatic rings. The second-order valence-corrected chi connectivity index (χ2v) is 4.24. The SMILES string of the molecule is CC(CCl)Cc1cnnn1-c1ccccc1. The number of benzene rings is 1. The molecule has 0 N–H and O–H groups in total. The summed E-state index contributed by atoms with van der Waals surface area (Å²) in [4.78, 5) is 0. The van der Waals surface area contributed by atoms with Gasteiger partial charge in [-0.05, 0) is 24.5 Å². The van der Waals surface area contributed by atoms with Gasteiger partial charge in [0.2, 0.25) is 0 Å². The highest BCUT2D eigenvalue weighted by atomic mass is 35.5. The standard InChI is InChI=1S/C12H14ClN3/c1-10(8-13)7-12-9-14-15-16(12)11-5-3-2-4-6-11/h2-6,9-10H,7-8H2,1H3. The summed E-state index contributed by atoms with van der Waals surface area (Å²) in [6.45, 7) is 2.12. The van der Waals surface area contributed by atoms with E-state index in [1.54, 1.807) is 6.20 Å². The molecular weight excluding hydrogens is 222 g/mol. The number of para-hydroxylation sites is 1. The zero-order valence-electron chi connectivity index (χ0n) is 9.18. The van der Waals surface area contributed by atoms with Crippen LogP contribution >= 0.6 is 11.6 Å². The lowest BCUT2D eigenvalue weighted by atomic mass is 10.1. The van der Waals surface area contributed by atoms with Crippen molar-refractivity contribution in [1.29, 1.82) is 0 Å². The number of hydrogen-bond acceptors (Lipinski definition) is 2. The van der Waals surface area contributed by atoms with Crippen LogP contribution in [0.15, 0.2) is 36.5 Å². The van der Waals surface area contributed by atoms with Crippen LogP contribution in [0.4, 0.5) is 0 Å². The van der Waals surface area contributed by atoms with Gasteiger partial charge in [-0.3, -0.25) is 0 Å². The van der Waals surface area contributed by atoms with E-state index in [-0.39, 0.29) is 0 Å². The first-order valence-corrected chi connectivity index (χ1v) is 5.85. The molecule has 0 radical (unpaired) electrons. The fraction of sp³-hybridized carbons (Fsp3) is 0.333. The maximum atomic E-state index is 5.82. The van der Waals surface area contributed by atoms with Crippen LogP contribution in [0.25, 0.3) is 5.69 Å². The molecule has 2 rings (SSSR count). The Bertz CT molecular complexity index is 439. The van der Waals surface area contributed by atoms with Crippen LogP contribution in [0, 0.1) is 5.92 Å². The number of alkyl halides is 1. The first kappa shape index (κ1) is 11.1. The van der Waals surface area contributed by atoms with Crippen molar-refractivity contribution < 1.29 is 0 Å². The van der Waals surface area contributed by atoms with E-state index in [1.807, 2.05) is 35.0 Å². The van der Waals surface area contributed by atoms with Crippen molar-refractivity contribution in [3.8, 4) is 5.69 Å². The largest absolute Gasteiger partial charge is 0.218 e. The van der Waals surface area contributed by atoms with E-state index in [0.717, 1.165) is 17.8 Å².